The molecule has 5 atom stereocenters. The van der Waals surface area contributed by atoms with Crippen LogP contribution in [0.5, 0.6) is 17.2 Å². The van der Waals surface area contributed by atoms with Crippen LogP contribution in [0, 0.1) is 17.8 Å². The number of aryl methyl sites for hydroxylation is 1. The number of carbonyl (C=O) groups is 2. The van der Waals surface area contributed by atoms with Crippen LogP contribution < -0.4 is 35.6 Å². The van der Waals surface area contributed by atoms with E-state index in [1.165, 1.54) is 13.3 Å². The first kappa shape index (κ1) is 28.5. The molecule has 0 radical (unpaired) electrons. The van der Waals surface area contributed by atoms with Crippen molar-refractivity contribution in [3.63, 3.8) is 0 Å². The molecule has 1 saturated carbocycles. The van der Waals surface area contributed by atoms with Crippen LogP contribution in [0.25, 0.3) is 11.1 Å². The number of anilines is 1. The van der Waals surface area contributed by atoms with Crippen LogP contribution >= 0.6 is 0 Å². The minimum Gasteiger partial charge on any atom is -0.493 e. The summed E-state index contributed by atoms with van der Waals surface area (Å²) in [6.07, 6.45) is 8.05. The summed E-state index contributed by atoms with van der Waals surface area (Å²) in [5.74, 6) is 2.80. The fraction of sp³-hybridized carbons (Fsp3) is 0.469. The van der Waals surface area contributed by atoms with Crippen molar-refractivity contribution < 1.29 is 23.8 Å². The van der Waals surface area contributed by atoms with E-state index in [0.29, 0.717) is 65.6 Å². The minimum absolute atomic E-state index is 0.149. The molecule has 0 heterocycles. The SMILES string of the molecule is COc1cc2c(c(OC)c1OC)-c1ccc(N[C@@H](C)C(=O)NC[C@H]3C[C@H]4C=C[C@H]3C4)c(=O)cc1[C@@H](NC(C)=O)CC2. The van der Waals surface area contributed by atoms with Crippen LogP contribution in [-0.2, 0) is 16.0 Å². The van der Waals surface area contributed by atoms with E-state index >= 15 is 0 Å². The van der Waals surface area contributed by atoms with Crippen LogP contribution in [0.1, 0.15) is 50.3 Å². The first-order chi connectivity index (χ1) is 19.7. The maximum Gasteiger partial charge on any atom is 0.242 e. The zero-order chi connectivity index (χ0) is 29.3. The van der Waals surface area contributed by atoms with Gasteiger partial charge in [0.25, 0.3) is 0 Å². The Bertz CT molecular complexity index is 1440. The number of methoxy groups -OCH3 is 3. The topological polar surface area (TPSA) is 115 Å². The Kier molecular flexibility index (Phi) is 8.24. The van der Waals surface area contributed by atoms with Crippen molar-refractivity contribution in [1.29, 1.82) is 0 Å². The maximum absolute atomic E-state index is 13.5. The molecule has 3 N–H and O–H groups in total. The van der Waals surface area contributed by atoms with Gasteiger partial charge in [-0.1, -0.05) is 18.2 Å². The van der Waals surface area contributed by atoms with Crippen LogP contribution in [0.4, 0.5) is 5.69 Å². The second-order valence-electron chi connectivity index (χ2n) is 11.2. The largest absolute Gasteiger partial charge is 0.493 e. The number of fused-ring (bicyclic) bond motifs is 5. The highest BCUT2D eigenvalue weighted by molar-refractivity contribution is 5.85. The van der Waals surface area contributed by atoms with E-state index < -0.39 is 12.1 Å². The van der Waals surface area contributed by atoms with E-state index in [2.05, 4.69) is 28.1 Å². The minimum atomic E-state index is -0.614. The number of allylic oxidation sites excluding steroid dienone is 2. The molecule has 218 valence electrons. The quantitative estimate of drug-likeness (QED) is 0.397. The van der Waals surface area contributed by atoms with E-state index in [-0.39, 0.29) is 17.2 Å². The second kappa shape index (κ2) is 11.8. The Morgan fingerprint density at radius 1 is 1.02 bits per heavy atom. The van der Waals surface area contributed by atoms with E-state index in [1.807, 2.05) is 12.1 Å². The van der Waals surface area contributed by atoms with E-state index in [4.69, 9.17) is 14.2 Å². The molecule has 0 spiro atoms. The highest BCUT2D eigenvalue weighted by atomic mass is 16.5. The molecule has 2 aromatic carbocycles. The lowest BCUT2D eigenvalue weighted by atomic mass is 9.93. The number of hydrogen-bond donors (Lipinski definition) is 3. The Morgan fingerprint density at radius 2 is 1.80 bits per heavy atom. The van der Waals surface area contributed by atoms with Gasteiger partial charge in [-0.3, -0.25) is 14.4 Å². The number of carbonyl (C=O) groups excluding carboxylic acids is 2. The summed E-state index contributed by atoms with van der Waals surface area (Å²) in [5, 5.41) is 9.21. The fourth-order valence-corrected chi connectivity index (χ4v) is 6.64. The summed E-state index contributed by atoms with van der Waals surface area (Å²) >= 11 is 0. The van der Waals surface area contributed by atoms with E-state index in [1.54, 1.807) is 40.4 Å². The summed E-state index contributed by atoms with van der Waals surface area (Å²) in [7, 11) is 4.69. The third-order valence-electron chi connectivity index (χ3n) is 8.64. The van der Waals surface area contributed by atoms with E-state index in [9.17, 15) is 14.4 Å². The lowest BCUT2D eigenvalue weighted by Crippen LogP contribution is -2.41. The zero-order valence-corrected chi connectivity index (χ0v) is 24.3. The lowest BCUT2D eigenvalue weighted by molar-refractivity contribution is -0.122. The molecular formula is C32H39N3O6. The van der Waals surface area contributed by atoms with Gasteiger partial charge in [-0.25, -0.2) is 0 Å². The molecule has 2 aromatic rings. The number of hydrogen-bond acceptors (Lipinski definition) is 7. The third-order valence-corrected chi connectivity index (χ3v) is 8.64. The third kappa shape index (κ3) is 5.62. The molecule has 0 unspecified atom stereocenters. The van der Waals surface area contributed by atoms with Gasteiger partial charge in [0.2, 0.25) is 23.0 Å². The summed E-state index contributed by atoms with van der Waals surface area (Å²) in [6, 6.07) is 5.99. The van der Waals surface area contributed by atoms with Crippen LogP contribution in [0.3, 0.4) is 0 Å². The summed E-state index contributed by atoms with van der Waals surface area (Å²) in [4.78, 5) is 38.7. The molecule has 5 rings (SSSR count). The van der Waals surface area contributed by atoms with Crippen molar-refractivity contribution in [1.82, 2.24) is 10.6 Å². The highest BCUT2D eigenvalue weighted by Crippen LogP contribution is 2.50. The molecule has 1 fully saturated rings. The molecular weight excluding hydrogens is 522 g/mol. The van der Waals surface area contributed by atoms with Gasteiger partial charge in [-0.05, 0) is 85.3 Å². The van der Waals surface area contributed by atoms with Crippen molar-refractivity contribution in [2.24, 2.45) is 17.8 Å². The molecule has 0 saturated heterocycles. The Balaban J connectivity index is 1.49. The molecule has 0 aliphatic heterocycles. The van der Waals surface area contributed by atoms with Crippen molar-refractivity contribution in [3.05, 3.63) is 57.8 Å². The van der Waals surface area contributed by atoms with Crippen LogP contribution in [0.2, 0.25) is 0 Å². The smallest absolute Gasteiger partial charge is 0.242 e. The van der Waals surface area contributed by atoms with Crippen LogP contribution in [-0.4, -0.2) is 45.7 Å². The van der Waals surface area contributed by atoms with Gasteiger partial charge in [0.05, 0.1) is 33.1 Å². The van der Waals surface area contributed by atoms with Crippen molar-refractivity contribution in [3.8, 4) is 28.4 Å². The number of benzene rings is 1. The lowest BCUT2D eigenvalue weighted by Gasteiger charge is -2.20. The monoisotopic (exact) mass is 561 g/mol. The summed E-state index contributed by atoms with van der Waals surface area (Å²) < 4.78 is 17.1. The molecule has 9 nitrogen and oxygen atoms in total. The van der Waals surface area contributed by atoms with Crippen LogP contribution in [0.15, 0.2) is 41.2 Å². The van der Waals surface area contributed by atoms with Crippen molar-refractivity contribution in [2.45, 2.75) is 51.6 Å². The molecule has 2 bridgehead atoms. The van der Waals surface area contributed by atoms with Gasteiger partial charge in [-0.2, -0.15) is 0 Å². The molecule has 3 aliphatic carbocycles. The predicted octanol–water partition coefficient (Wildman–Crippen LogP) is 3.99. The second-order valence-corrected chi connectivity index (χ2v) is 11.2. The summed E-state index contributed by atoms with van der Waals surface area (Å²) in [5.41, 5.74) is 3.16. The molecule has 3 aliphatic rings. The fourth-order valence-electron chi connectivity index (χ4n) is 6.64. The first-order valence-electron chi connectivity index (χ1n) is 14.2. The van der Waals surface area contributed by atoms with Gasteiger partial charge in [0, 0.05) is 19.0 Å². The van der Waals surface area contributed by atoms with Gasteiger partial charge in [0.1, 0.15) is 6.04 Å². The van der Waals surface area contributed by atoms with Crippen molar-refractivity contribution in [2.75, 3.05) is 33.2 Å². The Hall–Kier alpha value is -4.01. The van der Waals surface area contributed by atoms with Gasteiger partial charge < -0.3 is 30.2 Å². The van der Waals surface area contributed by atoms with Gasteiger partial charge in [-0.15, -0.1) is 0 Å². The number of nitrogens with one attached hydrogen (secondary N) is 3. The highest BCUT2D eigenvalue weighted by Gasteiger charge is 2.36. The molecule has 9 heteroatoms. The van der Waals surface area contributed by atoms with E-state index in [0.717, 1.165) is 23.1 Å². The normalized spacial score (nSPS) is 22.6. The van der Waals surface area contributed by atoms with Crippen molar-refractivity contribution >= 4 is 17.5 Å². The molecule has 2 amide bonds. The number of amides is 2. The molecule has 41 heavy (non-hydrogen) atoms. The number of rotatable bonds is 9. The predicted molar refractivity (Wildman–Crippen MR) is 158 cm³/mol. The Labute approximate surface area is 240 Å². The zero-order valence-electron chi connectivity index (χ0n) is 24.3. The number of ether oxygens (including phenoxy) is 3. The standard InChI is InChI=1S/C32H39N3O6/c1-17(32(38)33-16-22-13-19-6-7-20(22)12-19)34-26-11-9-23-24(15-27(26)37)25(35-18(2)36)10-8-21-14-28(39-3)30(40-4)31(41-5)29(21)23/h6-7,9,11,14-15,17,19-20,22,25H,8,10,12-13,16H2,1-5H3,(H,33,38)(H,34,37)(H,35,36)/t17-,19-,20-,22+,25-/m0/s1. The average molecular weight is 562 g/mol. The van der Waals surface area contributed by atoms with Gasteiger partial charge in [0.15, 0.2) is 11.5 Å². The Morgan fingerprint density at radius 3 is 2.44 bits per heavy atom. The molecule has 0 aromatic heterocycles. The summed E-state index contributed by atoms with van der Waals surface area (Å²) in [6.45, 7) is 3.85. The maximum atomic E-state index is 13.5. The average Bonchev–Trinajstić information content (AvgIpc) is 3.51. The van der Waals surface area contributed by atoms with Gasteiger partial charge >= 0.3 is 0 Å². The first-order valence-corrected chi connectivity index (χ1v) is 14.2.